The van der Waals surface area contributed by atoms with Gasteiger partial charge in [0.2, 0.25) is 0 Å². The van der Waals surface area contributed by atoms with Crippen LogP contribution in [0, 0.1) is 10.7 Å². The molecular formula is C20H23FN3O3S+. The summed E-state index contributed by atoms with van der Waals surface area (Å²) in [5.74, 6) is 0.850. The molecule has 8 heteroatoms. The molecule has 0 aliphatic heterocycles. The number of halogens is 1. The molecule has 2 aromatic carbocycles. The van der Waals surface area contributed by atoms with Gasteiger partial charge in [0, 0.05) is 5.56 Å². The number of benzene rings is 2. The first-order chi connectivity index (χ1) is 13.5. The number of hydrogen-bond donors (Lipinski definition) is 1. The summed E-state index contributed by atoms with van der Waals surface area (Å²) in [7, 11) is 3.69. The second-order valence-electron chi connectivity index (χ2n) is 6.54. The van der Waals surface area contributed by atoms with Crippen LogP contribution in [0.5, 0.6) is 11.5 Å². The lowest BCUT2D eigenvalue weighted by molar-refractivity contribution is -0.917. The third-order valence-corrected chi connectivity index (χ3v) is 4.49. The van der Waals surface area contributed by atoms with Crippen LogP contribution >= 0.6 is 12.2 Å². The summed E-state index contributed by atoms with van der Waals surface area (Å²) < 4.78 is 31.7. The van der Waals surface area contributed by atoms with Gasteiger partial charge in [0.25, 0.3) is 10.7 Å². The van der Waals surface area contributed by atoms with E-state index in [0.717, 1.165) is 12.3 Å². The van der Waals surface area contributed by atoms with Crippen LogP contribution < -0.4 is 14.4 Å². The van der Waals surface area contributed by atoms with E-state index in [2.05, 4.69) is 5.10 Å². The number of para-hydroxylation sites is 1. The lowest BCUT2D eigenvalue weighted by atomic mass is 10.2. The molecule has 0 fully saturated rings. The van der Waals surface area contributed by atoms with Crippen molar-refractivity contribution in [1.82, 2.24) is 9.78 Å². The second kappa shape index (κ2) is 8.99. The molecule has 3 aromatic rings. The standard InChI is InChI=1S/C20H22FN3O3S/c1-14(26-18-7-5-4-6-17(18)21)19-22-24(20(28)27-19)13-23(2)12-15-8-10-16(25-3)11-9-15/h4-11,14H,12-13H2,1-3H3/p+1/t14-/m0/s1. The van der Waals surface area contributed by atoms with Crippen LogP contribution in [0.15, 0.2) is 52.9 Å². The Morgan fingerprint density at radius 1 is 1.21 bits per heavy atom. The predicted molar refractivity (Wildman–Crippen MR) is 104 cm³/mol. The highest BCUT2D eigenvalue weighted by molar-refractivity contribution is 7.71. The van der Waals surface area contributed by atoms with Crippen molar-refractivity contribution < 1.29 is 23.2 Å². The van der Waals surface area contributed by atoms with Gasteiger partial charge in [0.1, 0.15) is 12.3 Å². The Kier molecular flexibility index (Phi) is 6.43. The van der Waals surface area contributed by atoms with E-state index in [1.807, 2.05) is 31.3 Å². The number of hydrogen-bond acceptors (Lipinski definition) is 5. The van der Waals surface area contributed by atoms with Gasteiger partial charge in [0.05, 0.1) is 14.2 Å². The summed E-state index contributed by atoms with van der Waals surface area (Å²) in [5, 5.41) is 4.40. The quantitative estimate of drug-likeness (QED) is 0.585. The van der Waals surface area contributed by atoms with Crippen molar-refractivity contribution in [3.8, 4) is 11.5 Å². The summed E-state index contributed by atoms with van der Waals surface area (Å²) in [6.45, 7) is 3.06. The van der Waals surface area contributed by atoms with E-state index >= 15 is 0 Å². The first kappa shape index (κ1) is 20.0. The number of ether oxygens (including phenoxy) is 2. The first-order valence-electron chi connectivity index (χ1n) is 8.89. The third-order valence-electron chi connectivity index (χ3n) is 4.19. The Balaban J connectivity index is 1.64. The molecule has 1 unspecified atom stereocenters. The largest absolute Gasteiger partial charge is 0.497 e. The Hall–Kier alpha value is -2.71. The second-order valence-corrected chi connectivity index (χ2v) is 6.89. The third kappa shape index (κ3) is 4.96. The highest BCUT2D eigenvalue weighted by Crippen LogP contribution is 2.23. The average molecular weight is 404 g/mol. The van der Waals surface area contributed by atoms with Crippen LogP contribution in [0.25, 0.3) is 0 Å². The zero-order valence-electron chi connectivity index (χ0n) is 16.0. The van der Waals surface area contributed by atoms with Crippen LogP contribution in [-0.4, -0.2) is 23.9 Å². The average Bonchev–Trinajstić information content (AvgIpc) is 3.04. The van der Waals surface area contributed by atoms with Crippen molar-refractivity contribution in [1.29, 1.82) is 0 Å². The molecule has 1 N–H and O–H groups in total. The van der Waals surface area contributed by atoms with E-state index in [1.165, 1.54) is 16.5 Å². The molecule has 0 aliphatic rings. The Morgan fingerprint density at radius 2 is 1.93 bits per heavy atom. The molecule has 6 nitrogen and oxygen atoms in total. The maximum absolute atomic E-state index is 13.8. The Bertz CT molecular complexity index is 971. The monoisotopic (exact) mass is 404 g/mol. The predicted octanol–water partition coefficient (Wildman–Crippen LogP) is 3.17. The van der Waals surface area contributed by atoms with Gasteiger partial charge in [-0.1, -0.05) is 12.1 Å². The van der Waals surface area contributed by atoms with Crippen molar-refractivity contribution in [2.75, 3.05) is 14.2 Å². The van der Waals surface area contributed by atoms with Crippen LogP contribution in [-0.2, 0) is 13.2 Å². The van der Waals surface area contributed by atoms with Crippen molar-refractivity contribution in [2.45, 2.75) is 26.2 Å². The number of nitrogens with zero attached hydrogens (tertiary/aromatic N) is 2. The summed E-state index contributed by atoms with van der Waals surface area (Å²) >= 11 is 5.27. The maximum atomic E-state index is 13.8. The summed E-state index contributed by atoms with van der Waals surface area (Å²) in [6.07, 6.45) is -0.568. The SMILES string of the molecule is COc1ccc(C[NH+](C)Cn2nc([C@H](C)Oc3ccccc3F)oc2=S)cc1. The topological polar surface area (TPSA) is 53.9 Å². The molecule has 148 valence electrons. The van der Waals surface area contributed by atoms with Crippen molar-refractivity contribution >= 4 is 12.2 Å². The Morgan fingerprint density at radius 3 is 2.61 bits per heavy atom. The molecule has 0 saturated heterocycles. The molecule has 0 saturated carbocycles. The van der Waals surface area contributed by atoms with E-state index in [-0.39, 0.29) is 10.6 Å². The van der Waals surface area contributed by atoms with Gasteiger partial charge in [0.15, 0.2) is 24.3 Å². The first-order valence-corrected chi connectivity index (χ1v) is 9.30. The Labute approximate surface area is 168 Å². The molecule has 3 rings (SSSR count). The van der Waals surface area contributed by atoms with E-state index in [0.29, 0.717) is 12.6 Å². The van der Waals surface area contributed by atoms with Crippen molar-refractivity contribution in [3.05, 3.63) is 70.6 Å². The molecular weight excluding hydrogens is 381 g/mol. The highest BCUT2D eigenvalue weighted by atomic mass is 32.1. The fourth-order valence-corrected chi connectivity index (χ4v) is 2.96. The van der Waals surface area contributed by atoms with Crippen LogP contribution in [0.2, 0.25) is 0 Å². The minimum atomic E-state index is -0.568. The molecule has 1 aromatic heterocycles. The van der Waals surface area contributed by atoms with Gasteiger partial charge >= 0.3 is 0 Å². The van der Waals surface area contributed by atoms with Crippen molar-refractivity contribution in [2.24, 2.45) is 0 Å². The fraction of sp³-hybridized carbons (Fsp3) is 0.300. The lowest BCUT2D eigenvalue weighted by Crippen LogP contribution is -3.07. The number of aromatic nitrogens is 2. The summed E-state index contributed by atoms with van der Waals surface area (Å²) in [4.78, 5) is 1.43. The zero-order valence-corrected chi connectivity index (χ0v) is 16.8. The minimum absolute atomic E-state index is 0.146. The molecule has 28 heavy (non-hydrogen) atoms. The van der Waals surface area contributed by atoms with E-state index < -0.39 is 11.9 Å². The molecule has 0 amide bonds. The maximum Gasteiger partial charge on any atom is 0.292 e. The number of nitrogens with one attached hydrogen (secondary N) is 1. The van der Waals surface area contributed by atoms with Gasteiger partial charge in [-0.05, 0) is 55.5 Å². The molecule has 1 heterocycles. The molecule has 0 bridgehead atoms. The van der Waals surface area contributed by atoms with Gasteiger partial charge in [-0.2, -0.15) is 4.68 Å². The number of methoxy groups -OCH3 is 1. The lowest BCUT2D eigenvalue weighted by Gasteiger charge is -2.14. The van der Waals surface area contributed by atoms with E-state index in [4.69, 9.17) is 26.1 Å². The van der Waals surface area contributed by atoms with Crippen LogP contribution in [0.3, 0.4) is 0 Å². The van der Waals surface area contributed by atoms with Crippen LogP contribution in [0.4, 0.5) is 4.39 Å². The minimum Gasteiger partial charge on any atom is -0.497 e. The normalized spacial score (nSPS) is 13.1. The summed E-state index contributed by atoms with van der Waals surface area (Å²) in [6, 6.07) is 14.1. The molecule has 0 aliphatic carbocycles. The zero-order chi connectivity index (χ0) is 20.1. The van der Waals surface area contributed by atoms with Gasteiger partial charge in [-0.15, -0.1) is 5.10 Å². The van der Waals surface area contributed by atoms with Gasteiger partial charge in [-0.3, -0.25) is 0 Å². The van der Waals surface area contributed by atoms with Gasteiger partial charge < -0.3 is 18.8 Å². The number of rotatable bonds is 8. The van der Waals surface area contributed by atoms with Crippen LogP contribution in [0.1, 0.15) is 24.5 Å². The van der Waals surface area contributed by atoms with Crippen molar-refractivity contribution in [3.63, 3.8) is 0 Å². The van der Waals surface area contributed by atoms with E-state index in [1.54, 1.807) is 36.9 Å². The molecule has 2 atom stereocenters. The highest BCUT2D eigenvalue weighted by Gasteiger charge is 2.18. The molecule has 0 spiro atoms. The number of quaternary nitrogens is 1. The molecule has 0 radical (unpaired) electrons. The fourth-order valence-electron chi connectivity index (χ4n) is 2.77. The smallest absolute Gasteiger partial charge is 0.292 e. The van der Waals surface area contributed by atoms with Gasteiger partial charge in [-0.25, -0.2) is 4.39 Å². The summed E-state index contributed by atoms with van der Waals surface area (Å²) in [5.41, 5.74) is 1.17. The van der Waals surface area contributed by atoms with E-state index in [9.17, 15) is 4.39 Å².